The van der Waals surface area contributed by atoms with Gasteiger partial charge in [-0.05, 0) is 49.2 Å². The van der Waals surface area contributed by atoms with E-state index in [-0.39, 0.29) is 11.8 Å². The van der Waals surface area contributed by atoms with E-state index in [1.165, 1.54) is 7.11 Å². The molecule has 0 aliphatic carbocycles. The molecule has 0 spiro atoms. The standard InChI is InChI=1S/C20H22N2O4/c1-25-16-9-10-17(18(13-16)26-2)21-19(23)14-5-7-15(8-6-14)20(24)22-11-3-4-12-22/h5-10,13H,3-4,11-12H2,1-2H3,(H,21,23). The van der Waals surface area contributed by atoms with Crippen molar-refractivity contribution in [3.8, 4) is 11.5 Å². The Morgan fingerprint density at radius 3 is 2.19 bits per heavy atom. The van der Waals surface area contributed by atoms with Gasteiger partial charge in [0.1, 0.15) is 11.5 Å². The minimum atomic E-state index is -0.270. The Bertz CT molecular complexity index is 796. The highest BCUT2D eigenvalue weighted by molar-refractivity contribution is 6.05. The molecule has 6 nitrogen and oxygen atoms in total. The van der Waals surface area contributed by atoms with Gasteiger partial charge in [0, 0.05) is 30.3 Å². The van der Waals surface area contributed by atoms with E-state index in [0.717, 1.165) is 25.9 Å². The number of ether oxygens (including phenoxy) is 2. The second-order valence-electron chi connectivity index (χ2n) is 6.10. The molecule has 0 saturated carbocycles. The summed E-state index contributed by atoms with van der Waals surface area (Å²) >= 11 is 0. The summed E-state index contributed by atoms with van der Waals surface area (Å²) < 4.78 is 10.4. The van der Waals surface area contributed by atoms with Crippen LogP contribution in [0.2, 0.25) is 0 Å². The zero-order valence-corrected chi connectivity index (χ0v) is 15.0. The van der Waals surface area contributed by atoms with E-state index >= 15 is 0 Å². The number of carbonyl (C=O) groups excluding carboxylic acids is 2. The van der Waals surface area contributed by atoms with Crippen molar-refractivity contribution in [2.45, 2.75) is 12.8 Å². The number of likely N-dealkylation sites (tertiary alicyclic amines) is 1. The summed E-state index contributed by atoms with van der Waals surface area (Å²) in [7, 11) is 3.10. The third-order valence-electron chi connectivity index (χ3n) is 4.44. The van der Waals surface area contributed by atoms with Gasteiger partial charge in [-0.1, -0.05) is 0 Å². The van der Waals surface area contributed by atoms with Crippen LogP contribution in [0.5, 0.6) is 11.5 Å². The van der Waals surface area contributed by atoms with Gasteiger partial charge in [-0.3, -0.25) is 9.59 Å². The molecule has 2 aromatic carbocycles. The predicted molar refractivity (Wildman–Crippen MR) is 99.1 cm³/mol. The van der Waals surface area contributed by atoms with Gasteiger partial charge in [-0.2, -0.15) is 0 Å². The normalized spacial score (nSPS) is 13.4. The van der Waals surface area contributed by atoms with E-state index in [4.69, 9.17) is 9.47 Å². The molecule has 1 saturated heterocycles. The molecule has 1 N–H and O–H groups in total. The topological polar surface area (TPSA) is 67.9 Å². The van der Waals surface area contributed by atoms with Gasteiger partial charge in [0.05, 0.1) is 19.9 Å². The first kappa shape index (κ1) is 17.8. The lowest BCUT2D eigenvalue weighted by atomic mass is 10.1. The van der Waals surface area contributed by atoms with Crippen molar-refractivity contribution in [1.82, 2.24) is 4.90 Å². The van der Waals surface area contributed by atoms with Crippen LogP contribution in [0.3, 0.4) is 0 Å². The van der Waals surface area contributed by atoms with Crippen molar-refractivity contribution in [3.63, 3.8) is 0 Å². The maximum absolute atomic E-state index is 12.5. The molecule has 2 aromatic rings. The Labute approximate surface area is 152 Å². The Morgan fingerprint density at radius 1 is 0.923 bits per heavy atom. The van der Waals surface area contributed by atoms with Crippen molar-refractivity contribution in [2.24, 2.45) is 0 Å². The molecule has 0 radical (unpaired) electrons. The highest BCUT2D eigenvalue weighted by Gasteiger charge is 2.19. The number of rotatable bonds is 5. The molecule has 0 bridgehead atoms. The first-order valence-electron chi connectivity index (χ1n) is 8.55. The van der Waals surface area contributed by atoms with Gasteiger partial charge in [0.25, 0.3) is 11.8 Å². The molecule has 136 valence electrons. The highest BCUT2D eigenvalue weighted by atomic mass is 16.5. The molecule has 1 aliphatic rings. The van der Waals surface area contributed by atoms with Gasteiger partial charge in [0.2, 0.25) is 0 Å². The minimum Gasteiger partial charge on any atom is -0.497 e. The third-order valence-corrected chi connectivity index (χ3v) is 4.44. The van der Waals surface area contributed by atoms with Crippen LogP contribution in [-0.2, 0) is 0 Å². The van der Waals surface area contributed by atoms with Gasteiger partial charge in [-0.15, -0.1) is 0 Å². The lowest BCUT2D eigenvalue weighted by molar-refractivity contribution is 0.0792. The predicted octanol–water partition coefficient (Wildman–Crippen LogP) is 3.19. The minimum absolute atomic E-state index is 0.0197. The van der Waals surface area contributed by atoms with Crippen LogP contribution in [0.4, 0.5) is 5.69 Å². The highest BCUT2D eigenvalue weighted by Crippen LogP contribution is 2.29. The summed E-state index contributed by atoms with van der Waals surface area (Å²) in [5.41, 5.74) is 1.63. The molecule has 1 fully saturated rings. The Hall–Kier alpha value is -3.02. The number of nitrogens with one attached hydrogen (secondary N) is 1. The largest absolute Gasteiger partial charge is 0.497 e. The number of hydrogen-bond acceptors (Lipinski definition) is 4. The number of anilines is 1. The molecule has 0 unspecified atom stereocenters. The molecule has 3 rings (SSSR count). The van der Waals surface area contributed by atoms with E-state index in [1.54, 1.807) is 49.6 Å². The van der Waals surface area contributed by atoms with Crippen molar-refractivity contribution in [1.29, 1.82) is 0 Å². The SMILES string of the molecule is COc1ccc(NC(=O)c2ccc(C(=O)N3CCCC3)cc2)c(OC)c1. The van der Waals surface area contributed by atoms with Crippen LogP contribution in [0.1, 0.15) is 33.6 Å². The Morgan fingerprint density at radius 2 is 1.58 bits per heavy atom. The molecule has 6 heteroatoms. The first-order valence-corrected chi connectivity index (χ1v) is 8.55. The molecular weight excluding hydrogens is 332 g/mol. The third kappa shape index (κ3) is 3.79. The summed E-state index contributed by atoms with van der Waals surface area (Å²) in [4.78, 5) is 26.7. The molecule has 0 aromatic heterocycles. The zero-order valence-electron chi connectivity index (χ0n) is 15.0. The van der Waals surface area contributed by atoms with Crippen LogP contribution < -0.4 is 14.8 Å². The van der Waals surface area contributed by atoms with Crippen molar-refractivity contribution in [2.75, 3.05) is 32.6 Å². The van der Waals surface area contributed by atoms with Gasteiger partial charge >= 0.3 is 0 Å². The lowest BCUT2D eigenvalue weighted by Crippen LogP contribution is -2.27. The monoisotopic (exact) mass is 354 g/mol. The van der Waals surface area contributed by atoms with Crippen LogP contribution >= 0.6 is 0 Å². The Kier molecular flexibility index (Phi) is 5.41. The molecule has 1 heterocycles. The number of hydrogen-bond donors (Lipinski definition) is 1. The summed E-state index contributed by atoms with van der Waals surface area (Å²) in [6.45, 7) is 1.61. The maximum atomic E-state index is 12.5. The molecule has 2 amide bonds. The Balaban J connectivity index is 1.71. The van der Waals surface area contributed by atoms with E-state index in [1.807, 2.05) is 4.90 Å². The quantitative estimate of drug-likeness (QED) is 0.895. The summed E-state index contributed by atoms with van der Waals surface area (Å²) in [5, 5.41) is 2.82. The summed E-state index contributed by atoms with van der Waals surface area (Å²) in [6.07, 6.45) is 2.10. The van der Waals surface area contributed by atoms with E-state index < -0.39 is 0 Å². The second kappa shape index (κ2) is 7.91. The van der Waals surface area contributed by atoms with Gasteiger partial charge < -0.3 is 19.7 Å². The molecule has 1 aliphatic heterocycles. The van der Waals surface area contributed by atoms with E-state index in [2.05, 4.69) is 5.32 Å². The average Bonchev–Trinajstić information content (AvgIpc) is 3.22. The number of carbonyl (C=O) groups is 2. The van der Waals surface area contributed by atoms with Crippen molar-refractivity contribution in [3.05, 3.63) is 53.6 Å². The number of amides is 2. The summed E-state index contributed by atoms with van der Waals surface area (Å²) in [6, 6.07) is 11.9. The van der Waals surface area contributed by atoms with E-state index in [0.29, 0.717) is 28.3 Å². The second-order valence-corrected chi connectivity index (χ2v) is 6.10. The average molecular weight is 354 g/mol. The number of nitrogens with zero attached hydrogens (tertiary/aromatic N) is 1. The maximum Gasteiger partial charge on any atom is 0.255 e. The number of benzene rings is 2. The fourth-order valence-electron chi connectivity index (χ4n) is 2.96. The zero-order chi connectivity index (χ0) is 18.5. The van der Waals surface area contributed by atoms with E-state index in [9.17, 15) is 9.59 Å². The van der Waals surface area contributed by atoms with Crippen LogP contribution in [0, 0.1) is 0 Å². The molecule has 0 atom stereocenters. The van der Waals surface area contributed by atoms with Gasteiger partial charge in [-0.25, -0.2) is 0 Å². The summed E-state index contributed by atoms with van der Waals surface area (Å²) in [5.74, 6) is 0.906. The van der Waals surface area contributed by atoms with Crippen molar-refractivity contribution < 1.29 is 19.1 Å². The van der Waals surface area contributed by atoms with Crippen LogP contribution in [0.15, 0.2) is 42.5 Å². The molecule has 26 heavy (non-hydrogen) atoms. The smallest absolute Gasteiger partial charge is 0.255 e. The van der Waals surface area contributed by atoms with Crippen LogP contribution in [0.25, 0.3) is 0 Å². The fourth-order valence-corrected chi connectivity index (χ4v) is 2.96. The molecular formula is C20H22N2O4. The van der Waals surface area contributed by atoms with Gasteiger partial charge in [0.15, 0.2) is 0 Å². The van der Waals surface area contributed by atoms with Crippen LogP contribution in [-0.4, -0.2) is 44.0 Å². The van der Waals surface area contributed by atoms with Crippen molar-refractivity contribution >= 4 is 17.5 Å². The lowest BCUT2D eigenvalue weighted by Gasteiger charge is -2.15. The fraction of sp³-hybridized carbons (Fsp3) is 0.300. The number of methoxy groups -OCH3 is 2. The first-order chi connectivity index (χ1) is 12.6.